The Hall–Kier alpha value is -5.74. The third-order valence-corrected chi connectivity index (χ3v) is 31.8. The van der Waals surface area contributed by atoms with Crippen LogP contribution in [0.5, 0.6) is 0 Å². The Kier molecular flexibility index (Phi) is 33.4. The van der Waals surface area contributed by atoms with E-state index >= 15 is 0 Å². The van der Waals surface area contributed by atoms with Crippen LogP contribution in [0.3, 0.4) is 0 Å². The van der Waals surface area contributed by atoms with Gasteiger partial charge in [-0.05, 0) is 154 Å². The Morgan fingerprint density at radius 1 is 0.500 bits per heavy atom. The maximum Gasteiger partial charge on any atom is 0.414 e. The predicted octanol–water partition coefficient (Wildman–Crippen LogP) is 14.8. The zero-order valence-electron chi connectivity index (χ0n) is 66.1. The summed E-state index contributed by atoms with van der Waals surface area (Å²) in [5, 5.41) is 25.6. The number of sulfonamides is 4. The smallest absolute Gasteiger partial charge is 0.414 e. The highest BCUT2D eigenvalue weighted by atomic mass is 128. The van der Waals surface area contributed by atoms with Gasteiger partial charge in [-0.15, -0.1) is 85.9 Å². The number of alkyl carbamates (subject to hydrolysis) is 3. The molecular weight excluding hydrogens is 2170 g/mol. The van der Waals surface area contributed by atoms with E-state index in [0.717, 1.165) is 37.3 Å². The van der Waals surface area contributed by atoms with E-state index in [9.17, 15) is 48.1 Å². The van der Waals surface area contributed by atoms with Gasteiger partial charge in [0.1, 0.15) is 50.3 Å². The summed E-state index contributed by atoms with van der Waals surface area (Å²) >= 11 is 38.2. The molecule has 4 aliphatic rings. The molecule has 639 valence electrons. The van der Waals surface area contributed by atoms with Crippen molar-refractivity contribution < 1.29 is 62.3 Å². The third kappa shape index (κ3) is 25.0. The zero-order chi connectivity index (χ0) is 86.8. The summed E-state index contributed by atoms with van der Waals surface area (Å²) < 4.78 is 125. The number of thiophene rings is 4. The number of guanidine groups is 4. The summed E-state index contributed by atoms with van der Waals surface area (Å²) in [6.45, 7) is 22.0. The van der Waals surface area contributed by atoms with Crippen LogP contribution >= 0.6 is 169 Å². The zero-order valence-corrected chi connectivity index (χ0v) is 83.9. The van der Waals surface area contributed by atoms with E-state index in [1.807, 2.05) is 60.7 Å². The minimum atomic E-state index is -3.81. The highest BCUT2D eigenvalue weighted by Crippen LogP contribution is 2.48. The average Bonchev–Trinajstić information content (AvgIpc) is 1.45. The molecule has 12 rings (SSSR count). The Labute approximate surface area is 772 Å². The van der Waals surface area contributed by atoms with Crippen LogP contribution in [0, 0.1) is 12.3 Å². The summed E-state index contributed by atoms with van der Waals surface area (Å²) in [4.78, 5) is 58.7. The molecule has 0 unspecified atom stereocenters. The number of nitrogens with zero attached hydrogens (tertiary/aromatic N) is 14. The van der Waals surface area contributed by atoms with Crippen LogP contribution in [-0.4, -0.2) is 199 Å². The van der Waals surface area contributed by atoms with Gasteiger partial charge >= 0.3 is 18.3 Å². The van der Waals surface area contributed by atoms with E-state index in [0.29, 0.717) is 60.7 Å². The van der Waals surface area contributed by atoms with Crippen LogP contribution in [0.4, 0.5) is 14.4 Å². The second kappa shape index (κ2) is 39.0. The number of hydrogen-bond donors (Lipinski definition) is 4. The molecule has 4 atom stereocenters. The first-order chi connectivity index (χ1) is 53.5. The number of carbonyl (C=O) groups excluding carboxylic acids is 3. The van der Waals surface area contributed by atoms with Gasteiger partial charge in [-0.2, -0.15) is 0 Å². The second-order valence-corrected chi connectivity index (χ2v) is 44.9. The number of carbonyl (C=O) groups is 3. The normalized spacial score (nSPS) is 20.9. The molecule has 0 bridgehead atoms. The standard InChI is InChI=1S/C22H25ClN6O4S2.C17H17ClN6O2S2.C16H20ClN3O4S2.C14H19BrClN3O4S2.B.I2.HI/c1-21(2,3)33-20(30)24-19-25-22(4,13-35(31,32)28(19)5)18-15(23)11-17(34-18)16-12-29(27-26-16)14-9-7-6-8-10-14;1-17(10-28(25,26)23(2)16(19)20-17)15-12(18)8-14(27-15)13-9-24(22-21-13)11-6-4-3-5-7-11;1-7-10-8-11(17)12(25-10)16(5)9-26(22,23)20(6)13(19-16)18-14(21)24-15(2,3)4;1-13(2,3)23-12(20)17-11-18-14(4,7-25(21,22)19(11)5)10-8(16)6-9(15)24-10;;1-2;/h6-12H,13H2,1-5H3,(H,24,25,30);3-9H,10H2,1-2H3,(H2,19,20);1,8H,9H2,2-6H3,(H,18,19,21);6H,7H2,1-5H3,(H,17,18,20);;;1H/t22-;17-;16-;14-;;;/m0000.../s1. The summed E-state index contributed by atoms with van der Waals surface area (Å²) in [5.41, 5.74) is 1.96. The number of amides is 3. The lowest BCUT2D eigenvalue weighted by atomic mass is 10.0. The topological polar surface area (TPSA) is 401 Å². The molecule has 3 amide bonds. The van der Waals surface area contributed by atoms with Gasteiger partial charge in [0.15, 0.2) is 0 Å². The fourth-order valence-corrected chi connectivity index (χ4v) is 24.1. The average molecular weight is 2260 g/mol. The van der Waals surface area contributed by atoms with Crippen molar-refractivity contribution in [2.75, 3.05) is 51.2 Å². The molecule has 0 saturated heterocycles. The van der Waals surface area contributed by atoms with Crippen molar-refractivity contribution in [3.8, 4) is 44.9 Å². The van der Waals surface area contributed by atoms with Crippen molar-refractivity contribution in [1.29, 1.82) is 0 Å². The van der Waals surface area contributed by atoms with Gasteiger partial charge in [-0.1, -0.05) is 99.1 Å². The van der Waals surface area contributed by atoms with Crippen molar-refractivity contribution in [2.24, 2.45) is 25.7 Å². The fraction of sp³-hybridized carbons (Fsp3) is 0.406. The molecule has 118 heavy (non-hydrogen) atoms. The van der Waals surface area contributed by atoms with E-state index in [4.69, 9.17) is 72.8 Å². The molecule has 3 radical (unpaired) electrons. The van der Waals surface area contributed by atoms with Crippen LogP contribution in [-0.2, 0) is 76.5 Å². The number of aliphatic imine (C=N–C) groups is 4. The molecule has 0 aliphatic carbocycles. The number of halogens is 8. The molecule has 2 aromatic carbocycles. The van der Waals surface area contributed by atoms with E-state index in [2.05, 4.69) is 116 Å². The molecule has 32 nitrogen and oxygen atoms in total. The van der Waals surface area contributed by atoms with E-state index in [1.165, 1.54) is 73.5 Å². The van der Waals surface area contributed by atoms with Crippen molar-refractivity contribution in [1.82, 2.24) is 63.2 Å². The molecule has 0 saturated carbocycles. The number of rotatable bonds is 8. The quantitative estimate of drug-likeness (QED) is 0.0475. The van der Waals surface area contributed by atoms with Crippen molar-refractivity contribution >= 4 is 260 Å². The lowest BCUT2D eigenvalue weighted by Crippen LogP contribution is -2.53. The van der Waals surface area contributed by atoms with Gasteiger partial charge in [0.05, 0.1) is 105 Å². The van der Waals surface area contributed by atoms with E-state index < -0.39 is 97.3 Å². The molecule has 0 fully saturated rings. The third-order valence-electron chi connectivity index (χ3n) is 16.3. The van der Waals surface area contributed by atoms with Crippen LogP contribution in [0.1, 0.15) is 114 Å². The summed E-state index contributed by atoms with van der Waals surface area (Å²) in [6, 6.07) is 25.9. The fourth-order valence-electron chi connectivity index (χ4n) is 11.1. The van der Waals surface area contributed by atoms with Crippen molar-refractivity contribution in [2.45, 2.75) is 129 Å². The molecule has 4 aliphatic heterocycles. The first-order valence-corrected chi connectivity index (χ1v) is 52.2. The Morgan fingerprint density at radius 2 is 0.788 bits per heavy atom. The van der Waals surface area contributed by atoms with Gasteiger partial charge in [0.25, 0.3) is 0 Å². The minimum Gasteiger partial charge on any atom is -0.444 e. The van der Waals surface area contributed by atoms with Crippen molar-refractivity contribution in [3.05, 3.63) is 146 Å². The number of hydrogen-bond acceptors (Lipinski definition) is 27. The number of nitrogens with two attached hydrogens (primary N) is 1. The van der Waals surface area contributed by atoms with Crippen LogP contribution in [0.25, 0.3) is 32.5 Å². The van der Waals surface area contributed by atoms with Crippen molar-refractivity contribution in [3.63, 3.8) is 0 Å². The highest BCUT2D eigenvalue weighted by Gasteiger charge is 2.48. The second-order valence-electron chi connectivity index (χ2n) is 29.7. The van der Waals surface area contributed by atoms with Gasteiger partial charge in [0, 0.05) is 73.8 Å². The predicted molar refractivity (Wildman–Crippen MR) is 501 cm³/mol. The Bertz CT molecular complexity index is 5700. The molecule has 8 aromatic rings. The molecule has 0 spiro atoms. The Balaban J connectivity index is 0.000000243. The molecule has 49 heteroatoms. The number of benzene rings is 2. The van der Waals surface area contributed by atoms with Crippen LogP contribution < -0.4 is 21.7 Å². The number of ether oxygens (including phenoxy) is 3. The van der Waals surface area contributed by atoms with E-state index in [-0.39, 0.29) is 79.2 Å². The molecule has 10 heterocycles. The monoisotopic (exact) mass is 2250 g/mol. The molecule has 5 N–H and O–H groups in total. The lowest BCUT2D eigenvalue weighted by molar-refractivity contribution is 0.0546. The SMILES string of the molecule is C#Cc1cc(Cl)c([C@]2(C)CS(=O)(=O)N(C)C(NC(=O)OC(C)(C)C)=N2)s1.CN1C(N)=N[C@](C)(c2sc(-c3cn(-c4ccccc4)nn3)cc2Cl)CS1(=O)=O.CN1C(NC(=O)OC(C)(C)C)=N[C@](C)(c2sc(-c3cn(-c4ccccc4)nn3)cc2Cl)CS1(=O)=O.CN1C(NC(=O)OC(C)(C)C)=N[C@](C)(c2sc(Br)cc2Cl)CS1(=O)=O.I.II.[B]. The maximum absolute atomic E-state index is 13.0. The number of terminal acetylenes is 1. The van der Waals surface area contributed by atoms with Crippen LogP contribution in [0.2, 0.25) is 20.1 Å². The maximum atomic E-state index is 13.0. The lowest BCUT2D eigenvalue weighted by Gasteiger charge is -2.35. The van der Waals surface area contributed by atoms with Gasteiger partial charge < -0.3 is 19.9 Å². The summed E-state index contributed by atoms with van der Waals surface area (Å²) in [5.74, 6) is 0.919. The van der Waals surface area contributed by atoms with Crippen LogP contribution in [0.15, 0.2) is 121 Å². The van der Waals surface area contributed by atoms with E-state index in [1.54, 1.807) is 136 Å². The minimum absolute atomic E-state index is 0. The van der Waals surface area contributed by atoms with Gasteiger partial charge in [0.2, 0.25) is 63.9 Å². The largest absolute Gasteiger partial charge is 0.444 e. The molecular formula is C69H82BBrCl4I3N18O14S8. The molecule has 6 aromatic heterocycles. The Morgan fingerprint density at radius 3 is 1.08 bits per heavy atom. The van der Waals surface area contributed by atoms with Gasteiger partial charge in [-0.25, -0.2) is 94.6 Å². The summed E-state index contributed by atoms with van der Waals surface area (Å²) in [7, 11) is -9.47. The van der Waals surface area contributed by atoms with Gasteiger partial charge in [-0.3, -0.25) is 16.0 Å². The highest BCUT2D eigenvalue weighted by molar-refractivity contribution is 15.0. The first kappa shape index (κ1) is 101. The number of nitrogens with one attached hydrogen (secondary N) is 3. The number of para-hydroxylation sites is 2. The number of aromatic nitrogens is 6. The summed E-state index contributed by atoms with van der Waals surface area (Å²) in [6.07, 6.45) is 6.58. The first-order valence-electron chi connectivity index (χ1n) is 33.9.